The molecule has 2 heteroatoms. The topological polar surface area (TPSA) is 24.1 Å². The first-order valence-electron chi connectivity index (χ1n) is 3.35. The van der Waals surface area contributed by atoms with Crippen molar-refractivity contribution in [3.8, 4) is 0 Å². The molecule has 0 amide bonds. The first kappa shape index (κ1) is 6.05. The summed E-state index contributed by atoms with van der Waals surface area (Å²) in [4.78, 5) is 0. The average molecular weight is 114 g/mol. The molecule has 0 spiro atoms. The van der Waals surface area contributed by atoms with E-state index >= 15 is 0 Å². The first-order valence-corrected chi connectivity index (χ1v) is 3.35. The molecular weight excluding hydrogens is 100 g/mol. The Bertz CT molecular complexity index is 59.5. The van der Waals surface area contributed by atoms with Crippen molar-refractivity contribution in [3.63, 3.8) is 0 Å². The molecule has 48 valence electrons. The minimum atomic E-state index is 0.912. The molecule has 2 nitrogen and oxygen atoms in total. The Labute approximate surface area is 50.7 Å². The highest BCUT2D eigenvalue weighted by molar-refractivity contribution is 4.75. The lowest BCUT2D eigenvalue weighted by Gasteiger charge is -2.26. The molecule has 0 aromatic rings. The first-order chi connectivity index (χ1) is 3.93. The van der Waals surface area contributed by atoms with Gasteiger partial charge in [-0.1, -0.05) is 6.92 Å². The Morgan fingerprint density at radius 2 is 2.38 bits per heavy atom. The molecule has 1 saturated heterocycles. The van der Waals surface area contributed by atoms with E-state index in [2.05, 4.69) is 17.6 Å². The third-order valence-electron chi connectivity index (χ3n) is 1.55. The zero-order valence-corrected chi connectivity index (χ0v) is 5.41. The van der Waals surface area contributed by atoms with Crippen LogP contribution in [0.3, 0.4) is 0 Å². The summed E-state index contributed by atoms with van der Waals surface area (Å²) >= 11 is 0. The fraction of sp³-hybridized carbons (Fsp3) is 1.00. The smallest absolute Gasteiger partial charge is 0.000394 e. The summed E-state index contributed by atoms with van der Waals surface area (Å²) in [5.74, 6) is 0.912. The Morgan fingerprint density at radius 1 is 1.62 bits per heavy atom. The predicted molar refractivity (Wildman–Crippen MR) is 34.9 cm³/mol. The Morgan fingerprint density at radius 3 is 2.75 bits per heavy atom. The van der Waals surface area contributed by atoms with Gasteiger partial charge in [0.2, 0.25) is 0 Å². The molecule has 0 unspecified atom stereocenters. The molecular formula is C6H14N2. The molecule has 0 aromatic heterocycles. The van der Waals surface area contributed by atoms with Crippen LogP contribution < -0.4 is 10.6 Å². The van der Waals surface area contributed by atoms with Crippen LogP contribution in [-0.4, -0.2) is 26.2 Å². The monoisotopic (exact) mass is 114 g/mol. The molecule has 2 N–H and O–H groups in total. The van der Waals surface area contributed by atoms with Gasteiger partial charge < -0.3 is 10.6 Å². The lowest BCUT2D eigenvalue weighted by atomic mass is 10.0. The summed E-state index contributed by atoms with van der Waals surface area (Å²) in [5.41, 5.74) is 0. The van der Waals surface area contributed by atoms with E-state index in [1.54, 1.807) is 0 Å². The second-order valence-corrected chi connectivity index (χ2v) is 2.33. The van der Waals surface area contributed by atoms with E-state index in [4.69, 9.17) is 0 Å². The van der Waals surface area contributed by atoms with Gasteiger partial charge in [0, 0.05) is 19.6 Å². The molecule has 1 fully saturated rings. The van der Waals surface area contributed by atoms with Crippen molar-refractivity contribution in [1.29, 1.82) is 0 Å². The summed E-state index contributed by atoms with van der Waals surface area (Å²) in [5, 5.41) is 6.54. The van der Waals surface area contributed by atoms with Crippen LogP contribution in [0.15, 0.2) is 0 Å². The van der Waals surface area contributed by atoms with Gasteiger partial charge in [0.05, 0.1) is 0 Å². The van der Waals surface area contributed by atoms with E-state index in [1.165, 1.54) is 19.6 Å². The highest BCUT2D eigenvalue weighted by Gasteiger charge is 2.14. The van der Waals surface area contributed by atoms with Crippen molar-refractivity contribution in [2.75, 3.05) is 26.2 Å². The van der Waals surface area contributed by atoms with Crippen LogP contribution in [0.25, 0.3) is 0 Å². The van der Waals surface area contributed by atoms with Gasteiger partial charge in [-0.05, 0) is 12.5 Å². The normalized spacial score (nSPS) is 20.6. The second-order valence-electron chi connectivity index (χ2n) is 2.33. The summed E-state index contributed by atoms with van der Waals surface area (Å²) < 4.78 is 0. The van der Waals surface area contributed by atoms with E-state index in [0.717, 1.165) is 12.5 Å². The molecule has 1 heterocycles. The van der Waals surface area contributed by atoms with Gasteiger partial charge >= 0.3 is 0 Å². The molecule has 1 aliphatic rings. The molecule has 0 radical (unpaired) electrons. The van der Waals surface area contributed by atoms with Crippen molar-refractivity contribution >= 4 is 0 Å². The maximum absolute atomic E-state index is 3.31. The van der Waals surface area contributed by atoms with E-state index in [9.17, 15) is 0 Å². The minimum Gasteiger partial charge on any atom is -0.317 e. The number of nitrogens with one attached hydrogen (secondary N) is 2. The van der Waals surface area contributed by atoms with Crippen molar-refractivity contribution in [2.45, 2.75) is 6.92 Å². The van der Waals surface area contributed by atoms with E-state index in [1.807, 2.05) is 0 Å². The van der Waals surface area contributed by atoms with Crippen LogP contribution in [0.1, 0.15) is 6.92 Å². The van der Waals surface area contributed by atoms with E-state index in [0.29, 0.717) is 0 Å². The molecule has 0 aromatic carbocycles. The molecule has 1 rings (SSSR count). The highest BCUT2D eigenvalue weighted by Crippen LogP contribution is 1.98. The number of hydrogen-bond acceptors (Lipinski definition) is 2. The fourth-order valence-corrected chi connectivity index (χ4v) is 0.841. The molecule has 1 aliphatic heterocycles. The van der Waals surface area contributed by atoms with Crippen molar-refractivity contribution in [1.82, 2.24) is 10.6 Å². The standard InChI is InChI=1S/C6H14N2/c1-2-7-3-6-4-8-5-6/h6-8H,2-5H2,1H3. The predicted octanol–water partition coefficient (Wildman–Crippen LogP) is -0.185. The number of hydrogen-bond donors (Lipinski definition) is 2. The van der Waals surface area contributed by atoms with Gasteiger partial charge in [0.15, 0.2) is 0 Å². The van der Waals surface area contributed by atoms with Crippen LogP contribution in [0.5, 0.6) is 0 Å². The largest absolute Gasteiger partial charge is 0.317 e. The summed E-state index contributed by atoms with van der Waals surface area (Å²) in [6, 6.07) is 0. The Hall–Kier alpha value is -0.0800. The minimum absolute atomic E-state index is 0.912. The molecule has 8 heavy (non-hydrogen) atoms. The summed E-state index contributed by atoms with van der Waals surface area (Å²) in [7, 11) is 0. The molecule has 0 saturated carbocycles. The van der Waals surface area contributed by atoms with Gasteiger partial charge in [0.25, 0.3) is 0 Å². The lowest BCUT2D eigenvalue weighted by molar-refractivity contribution is 0.334. The van der Waals surface area contributed by atoms with Crippen molar-refractivity contribution in [3.05, 3.63) is 0 Å². The molecule has 0 atom stereocenters. The van der Waals surface area contributed by atoms with E-state index in [-0.39, 0.29) is 0 Å². The van der Waals surface area contributed by atoms with Gasteiger partial charge in [-0.15, -0.1) is 0 Å². The second kappa shape index (κ2) is 3.05. The zero-order chi connectivity index (χ0) is 5.82. The van der Waals surface area contributed by atoms with Crippen LogP contribution in [0, 0.1) is 5.92 Å². The Kier molecular flexibility index (Phi) is 2.30. The summed E-state index contributed by atoms with van der Waals surface area (Å²) in [6.45, 7) is 6.88. The maximum atomic E-state index is 3.31. The summed E-state index contributed by atoms with van der Waals surface area (Å²) in [6.07, 6.45) is 0. The average Bonchev–Trinajstić information content (AvgIpc) is 1.63. The molecule has 0 aliphatic carbocycles. The van der Waals surface area contributed by atoms with Crippen LogP contribution >= 0.6 is 0 Å². The van der Waals surface area contributed by atoms with Gasteiger partial charge in [0.1, 0.15) is 0 Å². The number of rotatable bonds is 3. The van der Waals surface area contributed by atoms with Gasteiger partial charge in [-0.25, -0.2) is 0 Å². The SMILES string of the molecule is CCNCC1CNC1. The van der Waals surface area contributed by atoms with Crippen molar-refractivity contribution < 1.29 is 0 Å². The van der Waals surface area contributed by atoms with Crippen LogP contribution in [0.2, 0.25) is 0 Å². The van der Waals surface area contributed by atoms with Crippen LogP contribution in [0.4, 0.5) is 0 Å². The molecule has 0 bridgehead atoms. The van der Waals surface area contributed by atoms with Gasteiger partial charge in [-0.3, -0.25) is 0 Å². The van der Waals surface area contributed by atoms with E-state index < -0.39 is 0 Å². The third kappa shape index (κ3) is 1.46. The Balaban J connectivity index is 1.86. The third-order valence-corrected chi connectivity index (χ3v) is 1.55. The van der Waals surface area contributed by atoms with Crippen molar-refractivity contribution in [2.24, 2.45) is 5.92 Å². The fourth-order valence-electron chi connectivity index (χ4n) is 0.841. The quantitative estimate of drug-likeness (QED) is 0.531. The van der Waals surface area contributed by atoms with Gasteiger partial charge in [-0.2, -0.15) is 0 Å². The maximum Gasteiger partial charge on any atom is 0.000394 e. The van der Waals surface area contributed by atoms with Crippen LogP contribution in [-0.2, 0) is 0 Å². The lowest BCUT2D eigenvalue weighted by Crippen LogP contribution is -2.47. The zero-order valence-electron chi connectivity index (χ0n) is 5.41. The highest BCUT2D eigenvalue weighted by atomic mass is 15.0.